The van der Waals surface area contributed by atoms with Gasteiger partial charge in [-0.3, -0.25) is 9.69 Å². The maximum absolute atomic E-state index is 13.9. The van der Waals surface area contributed by atoms with Crippen molar-refractivity contribution in [2.24, 2.45) is 0 Å². The minimum atomic E-state index is -0.444. The Labute approximate surface area is 159 Å². The Morgan fingerprint density at radius 3 is 2.92 bits per heavy atom. The second-order valence-corrected chi connectivity index (χ2v) is 7.77. The Kier molecular flexibility index (Phi) is 6.03. The molecule has 1 fully saturated rings. The van der Waals surface area contributed by atoms with Crippen LogP contribution in [0.5, 0.6) is 0 Å². The third kappa shape index (κ3) is 4.56. The van der Waals surface area contributed by atoms with E-state index in [0.717, 1.165) is 37.7 Å². The number of nitrogens with one attached hydrogen (secondary N) is 1. The number of amides is 1. The van der Waals surface area contributed by atoms with Crippen LogP contribution in [0.4, 0.5) is 15.2 Å². The number of carbonyl (C=O) groups is 1. The Balaban J connectivity index is 1.60. The highest BCUT2D eigenvalue weighted by atomic mass is 79.9. The summed E-state index contributed by atoms with van der Waals surface area (Å²) in [5.41, 5.74) is 0.208. The van der Waals surface area contributed by atoms with Crippen LogP contribution in [0.15, 0.2) is 34.2 Å². The minimum absolute atomic E-state index is 0.191. The number of halogens is 2. The van der Waals surface area contributed by atoms with Crippen molar-refractivity contribution in [2.75, 3.05) is 36.4 Å². The standard InChI is InChI=1S/C17H20BrFN4OS/c1-12(16(24)21-15-4-3-13(18)11-14(15)19)22-6-2-7-23(9-8-22)17-20-5-10-25-17/h3-5,10-12H,2,6-9H2,1H3,(H,21,24). The molecule has 0 saturated carbocycles. The SMILES string of the molecule is CC(C(=O)Nc1ccc(Br)cc1F)N1CCCN(c2nccs2)CC1. The van der Waals surface area contributed by atoms with E-state index < -0.39 is 5.82 Å². The monoisotopic (exact) mass is 426 g/mol. The molecule has 2 heterocycles. The molecule has 0 spiro atoms. The number of aromatic nitrogens is 1. The molecule has 0 radical (unpaired) electrons. The minimum Gasteiger partial charge on any atom is -0.347 e. The van der Waals surface area contributed by atoms with Gasteiger partial charge in [0.25, 0.3) is 0 Å². The molecule has 1 saturated heterocycles. The molecule has 1 aliphatic heterocycles. The lowest BCUT2D eigenvalue weighted by molar-refractivity contribution is -0.120. The smallest absolute Gasteiger partial charge is 0.241 e. The number of hydrogen-bond donors (Lipinski definition) is 1. The van der Waals surface area contributed by atoms with E-state index >= 15 is 0 Å². The fraction of sp³-hybridized carbons (Fsp3) is 0.412. The van der Waals surface area contributed by atoms with E-state index in [4.69, 9.17) is 0 Å². The summed E-state index contributed by atoms with van der Waals surface area (Å²) in [6, 6.07) is 4.30. The van der Waals surface area contributed by atoms with Gasteiger partial charge in [-0.25, -0.2) is 9.37 Å². The molecule has 2 aromatic rings. The van der Waals surface area contributed by atoms with Crippen LogP contribution in [-0.2, 0) is 4.79 Å². The molecular formula is C17H20BrFN4OS. The summed E-state index contributed by atoms with van der Waals surface area (Å²) >= 11 is 4.85. The third-order valence-corrected chi connectivity index (χ3v) is 5.66. The summed E-state index contributed by atoms with van der Waals surface area (Å²) in [7, 11) is 0. The lowest BCUT2D eigenvalue weighted by atomic mass is 10.2. The molecule has 25 heavy (non-hydrogen) atoms. The van der Waals surface area contributed by atoms with Gasteiger partial charge < -0.3 is 10.2 Å². The van der Waals surface area contributed by atoms with Crippen LogP contribution >= 0.6 is 27.3 Å². The number of rotatable bonds is 4. The molecule has 0 bridgehead atoms. The third-order valence-electron chi connectivity index (χ3n) is 4.34. The van der Waals surface area contributed by atoms with Crippen LogP contribution in [-0.4, -0.2) is 48.0 Å². The Morgan fingerprint density at radius 1 is 1.36 bits per heavy atom. The van der Waals surface area contributed by atoms with Crippen molar-refractivity contribution in [2.45, 2.75) is 19.4 Å². The molecule has 5 nitrogen and oxygen atoms in total. The van der Waals surface area contributed by atoms with Crippen LogP contribution in [0.2, 0.25) is 0 Å². The number of anilines is 2. The average molecular weight is 427 g/mol. The highest BCUT2D eigenvalue weighted by Gasteiger charge is 2.25. The summed E-state index contributed by atoms with van der Waals surface area (Å²) in [5.74, 6) is -0.635. The van der Waals surface area contributed by atoms with Gasteiger partial charge in [-0.1, -0.05) is 15.9 Å². The molecule has 1 atom stereocenters. The van der Waals surface area contributed by atoms with Crippen molar-refractivity contribution in [3.8, 4) is 0 Å². The molecule has 134 valence electrons. The lowest BCUT2D eigenvalue weighted by Crippen LogP contribution is -2.44. The van der Waals surface area contributed by atoms with Crippen molar-refractivity contribution in [3.63, 3.8) is 0 Å². The highest BCUT2D eigenvalue weighted by molar-refractivity contribution is 9.10. The van der Waals surface area contributed by atoms with Crippen molar-refractivity contribution in [1.82, 2.24) is 9.88 Å². The summed E-state index contributed by atoms with van der Waals surface area (Å²) < 4.78 is 14.6. The predicted molar refractivity (Wildman–Crippen MR) is 103 cm³/mol. The first-order chi connectivity index (χ1) is 12.0. The lowest BCUT2D eigenvalue weighted by Gasteiger charge is -2.27. The normalized spacial score (nSPS) is 17.2. The molecule has 1 N–H and O–H groups in total. The Bertz CT molecular complexity index is 727. The van der Waals surface area contributed by atoms with Crippen LogP contribution in [0, 0.1) is 5.82 Å². The van der Waals surface area contributed by atoms with E-state index in [9.17, 15) is 9.18 Å². The van der Waals surface area contributed by atoms with E-state index in [2.05, 4.69) is 36.0 Å². The second-order valence-electron chi connectivity index (χ2n) is 5.98. The number of carbonyl (C=O) groups excluding carboxylic acids is 1. The fourth-order valence-electron chi connectivity index (χ4n) is 2.88. The molecule has 1 aliphatic rings. The molecule has 8 heteroatoms. The Morgan fingerprint density at radius 2 is 2.20 bits per heavy atom. The Hall–Kier alpha value is -1.51. The largest absolute Gasteiger partial charge is 0.347 e. The van der Waals surface area contributed by atoms with Gasteiger partial charge in [-0.2, -0.15) is 0 Å². The van der Waals surface area contributed by atoms with Crippen LogP contribution in [0.25, 0.3) is 0 Å². The summed E-state index contributed by atoms with van der Waals surface area (Å²) in [4.78, 5) is 21.3. The molecule has 0 aliphatic carbocycles. The number of thiazole rings is 1. The first-order valence-corrected chi connectivity index (χ1v) is 9.86. The topological polar surface area (TPSA) is 48.5 Å². The summed E-state index contributed by atoms with van der Waals surface area (Å²) in [5, 5.41) is 5.69. The van der Waals surface area contributed by atoms with E-state index in [1.54, 1.807) is 23.5 Å². The fourth-order valence-corrected chi connectivity index (χ4v) is 3.91. The van der Waals surface area contributed by atoms with Gasteiger partial charge in [0.1, 0.15) is 5.82 Å². The van der Waals surface area contributed by atoms with Gasteiger partial charge in [-0.05, 0) is 31.5 Å². The average Bonchev–Trinajstić information content (AvgIpc) is 3.01. The quantitative estimate of drug-likeness (QED) is 0.811. The van der Waals surface area contributed by atoms with Crippen LogP contribution in [0.1, 0.15) is 13.3 Å². The summed E-state index contributed by atoms with van der Waals surface area (Å²) in [6.07, 6.45) is 2.77. The maximum atomic E-state index is 13.9. The van der Waals surface area contributed by atoms with E-state index in [1.807, 2.05) is 18.5 Å². The molecule has 1 aromatic carbocycles. The van der Waals surface area contributed by atoms with Gasteiger partial charge in [0, 0.05) is 42.2 Å². The maximum Gasteiger partial charge on any atom is 0.241 e. The van der Waals surface area contributed by atoms with Gasteiger partial charge in [0.05, 0.1) is 11.7 Å². The zero-order valence-electron chi connectivity index (χ0n) is 13.9. The first-order valence-electron chi connectivity index (χ1n) is 8.19. The van der Waals surface area contributed by atoms with Crippen molar-refractivity contribution >= 4 is 44.0 Å². The van der Waals surface area contributed by atoms with Gasteiger partial charge in [-0.15, -0.1) is 11.3 Å². The molecule has 1 amide bonds. The van der Waals surface area contributed by atoms with Crippen molar-refractivity contribution in [3.05, 3.63) is 40.1 Å². The van der Waals surface area contributed by atoms with Gasteiger partial charge >= 0.3 is 0 Å². The molecular weight excluding hydrogens is 407 g/mol. The van der Waals surface area contributed by atoms with Gasteiger partial charge in [0.2, 0.25) is 5.91 Å². The number of benzene rings is 1. The second kappa shape index (κ2) is 8.25. The molecule has 3 rings (SSSR count). The van der Waals surface area contributed by atoms with Crippen molar-refractivity contribution in [1.29, 1.82) is 0 Å². The van der Waals surface area contributed by atoms with E-state index in [1.165, 1.54) is 6.07 Å². The van der Waals surface area contributed by atoms with E-state index in [0.29, 0.717) is 4.47 Å². The number of nitrogens with zero attached hydrogens (tertiary/aromatic N) is 3. The predicted octanol–water partition coefficient (Wildman–Crippen LogP) is 3.58. The van der Waals surface area contributed by atoms with Crippen LogP contribution < -0.4 is 10.2 Å². The first kappa shape index (κ1) is 18.3. The van der Waals surface area contributed by atoms with Crippen LogP contribution in [0.3, 0.4) is 0 Å². The molecule has 1 unspecified atom stereocenters. The zero-order chi connectivity index (χ0) is 17.8. The van der Waals surface area contributed by atoms with Crippen molar-refractivity contribution < 1.29 is 9.18 Å². The molecule has 1 aromatic heterocycles. The summed E-state index contributed by atoms with van der Waals surface area (Å²) in [6.45, 7) is 5.24. The number of hydrogen-bond acceptors (Lipinski definition) is 5. The van der Waals surface area contributed by atoms with E-state index in [-0.39, 0.29) is 17.6 Å². The highest BCUT2D eigenvalue weighted by Crippen LogP contribution is 2.21. The van der Waals surface area contributed by atoms with Gasteiger partial charge in [0.15, 0.2) is 5.13 Å². The zero-order valence-corrected chi connectivity index (χ0v) is 16.3.